The zero-order valence-corrected chi connectivity index (χ0v) is 13.7. The first-order valence-corrected chi connectivity index (χ1v) is 7.77. The topological polar surface area (TPSA) is 86.7 Å². The Labute approximate surface area is 139 Å². The van der Waals surface area contributed by atoms with E-state index in [4.69, 9.17) is 16.7 Å². The molecule has 1 aliphatic rings. The second kappa shape index (κ2) is 7.00. The van der Waals surface area contributed by atoms with E-state index in [1.54, 1.807) is 38.2 Å². The van der Waals surface area contributed by atoms with Crippen LogP contribution in [0.5, 0.6) is 0 Å². The Morgan fingerprint density at radius 3 is 2.74 bits per heavy atom. The highest BCUT2D eigenvalue weighted by atomic mass is 35.5. The van der Waals surface area contributed by atoms with Crippen LogP contribution in [0.3, 0.4) is 0 Å². The smallest absolute Gasteiger partial charge is 0.326 e. The van der Waals surface area contributed by atoms with E-state index in [1.165, 1.54) is 4.90 Å². The van der Waals surface area contributed by atoms with Crippen LogP contribution in [0.25, 0.3) is 0 Å². The Balaban J connectivity index is 2.26. The van der Waals surface area contributed by atoms with E-state index in [1.807, 2.05) is 0 Å². The predicted octanol–water partition coefficient (Wildman–Crippen LogP) is 1.84. The number of aliphatic carboxylic acids is 1. The van der Waals surface area contributed by atoms with Gasteiger partial charge in [0.2, 0.25) is 11.8 Å². The lowest BCUT2D eigenvalue weighted by atomic mass is 9.92. The molecule has 124 valence electrons. The van der Waals surface area contributed by atoms with Crippen molar-refractivity contribution in [3.05, 3.63) is 34.9 Å². The second-order valence-corrected chi connectivity index (χ2v) is 6.06. The van der Waals surface area contributed by atoms with Crippen LogP contribution in [0, 0.1) is 5.92 Å². The number of halogens is 1. The van der Waals surface area contributed by atoms with Crippen LogP contribution in [-0.4, -0.2) is 40.9 Å². The fourth-order valence-corrected chi connectivity index (χ4v) is 3.07. The second-order valence-electron chi connectivity index (χ2n) is 5.62. The van der Waals surface area contributed by atoms with Gasteiger partial charge in [-0.2, -0.15) is 0 Å². The molecule has 1 aromatic rings. The third-order valence-corrected chi connectivity index (χ3v) is 4.37. The number of benzene rings is 1. The summed E-state index contributed by atoms with van der Waals surface area (Å²) in [7, 11) is 1.63. The number of amides is 2. The molecule has 1 fully saturated rings. The van der Waals surface area contributed by atoms with Gasteiger partial charge in [-0.15, -0.1) is 0 Å². The largest absolute Gasteiger partial charge is 0.480 e. The first kappa shape index (κ1) is 17.3. The molecule has 2 N–H and O–H groups in total. The molecule has 0 aliphatic carbocycles. The van der Waals surface area contributed by atoms with Gasteiger partial charge in [-0.25, -0.2) is 4.79 Å². The lowest BCUT2D eigenvalue weighted by Crippen LogP contribution is -2.44. The molecule has 0 saturated carbocycles. The van der Waals surface area contributed by atoms with Crippen molar-refractivity contribution in [1.29, 1.82) is 0 Å². The van der Waals surface area contributed by atoms with Gasteiger partial charge in [0.1, 0.15) is 6.04 Å². The van der Waals surface area contributed by atoms with E-state index in [2.05, 4.69) is 5.32 Å². The van der Waals surface area contributed by atoms with Gasteiger partial charge in [-0.3, -0.25) is 9.59 Å². The molecular formula is C16H19ClN2O4. The maximum Gasteiger partial charge on any atom is 0.326 e. The summed E-state index contributed by atoms with van der Waals surface area (Å²) in [6, 6.07) is 5.59. The molecule has 1 heterocycles. The Hall–Kier alpha value is -2.08. The van der Waals surface area contributed by atoms with Crippen LogP contribution < -0.4 is 5.32 Å². The number of hydrogen-bond acceptors (Lipinski definition) is 3. The van der Waals surface area contributed by atoms with Gasteiger partial charge in [0.25, 0.3) is 0 Å². The summed E-state index contributed by atoms with van der Waals surface area (Å²) in [4.78, 5) is 37.1. The number of carboxylic acids is 1. The number of carbonyl (C=O) groups is 3. The van der Waals surface area contributed by atoms with Crippen LogP contribution >= 0.6 is 11.6 Å². The minimum absolute atomic E-state index is 0.0512. The summed E-state index contributed by atoms with van der Waals surface area (Å²) < 4.78 is 0. The number of hydrogen-bond donors (Lipinski definition) is 2. The van der Waals surface area contributed by atoms with Crippen LogP contribution in [0.1, 0.15) is 31.4 Å². The van der Waals surface area contributed by atoms with Crippen molar-refractivity contribution in [2.24, 2.45) is 5.92 Å². The zero-order valence-electron chi connectivity index (χ0n) is 13.0. The predicted molar refractivity (Wildman–Crippen MR) is 84.9 cm³/mol. The van der Waals surface area contributed by atoms with E-state index < -0.39 is 29.9 Å². The zero-order chi connectivity index (χ0) is 17.1. The van der Waals surface area contributed by atoms with Gasteiger partial charge in [0.05, 0.1) is 12.0 Å². The highest BCUT2D eigenvalue weighted by Crippen LogP contribution is 2.37. The van der Waals surface area contributed by atoms with E-state index in [-0.39, 0.29) is 18.7 Å². The lowest BCUT2D eigenvalue weighted by molar-refractivity contribution is -0.142. The molecule has 0 spiro atoms. The first-order valence-electron chi connectivity index (χ1n) is 7.39. The minimum atomic E-state index is -1.09. The van der Waals surface area contributed by atoms with Crippen LogP contribution in [0.15, 0.2) is 24.3 Å². The Morgan fingerprint density at radius 2 is 2.17 bits per heavy atom. The van der Waals surface area contributed by atoms with Crippen molar-refractivity contribution in [3.8, 4) is 0 Å². The summed E-state index contributed by atoms with van der Waals surface area (Å²) in [6.45, 7) is 1.68. The third kappa shape index (κ3) is 3.64. The fourth-order valence-electron chi connectivity index (χ4n) is 2.87. The maximum absolute atomic E-state index is 12.5. The van der Waals surface area contributed by atoms with Crippen LogP contribution in [0.4, 0.5) is 0 Å². The lowest BCUT2D eigenvalue weighted by Gasteiger charge is -2.26. The molecule has 1 aliphatic heterocycles. The molecule has 2 rings (SSSR count). The molecule has 6 nitrogen and oxygen atoms in total. The highest BCUT2D eigenvalue weighted by molar-refractivity contribution is 6.30. The van der Waals surface area contributed by atoms with E-state index in [0.717, 1.165) is 5.56 Å². The SMILES string of the molecule is CCC(NC(=O)C1CC(=O)N(C)C1c1cccc(Cl)c1)C(=O)O. The normalized spacial score (nSPS) is 22.0. The number of nitrogens with zero attached hydrogens (tertiary/aromatic N) is 1. The minimum Gasteiger partial charge on any atom is -0.480 e. The maximum atomic E-state index is 12.5. The molecule has 23 heavy (non-hydrogen) atoms. The molecule has 0 aromatic heterocycles. The van der Waals surface area contributed by atoms with Crippen molar-refractivity contribution < 1.29 is 19.5 Å². The number of nitrogens with one attached hydrogen (secondary N) is 1. The van der Waals surface area contributed by atoms with Gasteiger partial charge in [-0.1, -0.05) is 30.7 Å². The standard InChI is InChI=1S/C16H19ClN2O4/c1-3-12(16(22)23)18-15(21)11-8-13(20)19(2)14(11)9-5-4-6-10(17)7-9/h4-7,11-12,14H,3,8H2,1-2H3,(H,18,21)(H,22,23). The monoisotopic (exact) mass is 338 g/mol. The van der Waals surface area contributed by atoms with Gasteiger partial charge >= 0.3 is 5.97 Å². The van der Waals surface area contributed by atoms with Crippen LogP contribution in [-0.2, 0) is 14.4 Å². The first-order chi connectivity index (χ1) is 10.8. The Kier molecular flexibility index (Phi) is 5.26. The van der Waals surface area contributed by atoms with Gasteiger partial charge in [-0.05, 0) is 24.1 Å². The Bertz CT molecular complexity index is 634. The molecule has 3 atom stereocenters. The molecular weight excluding hydrogens is 320 g/mol. The molecule has 7 heteroatoms. The number of carboxylic acid groups (broad SMARTS) is 1. The Morgan fingerprint density at radius 1 is 1.48 bits per heavy atom. The summed E-state index contributed by atoms with van der Waals surface area (Å²) in [6.07, 6.45) is 0.328. The summed E-state index contributed by atoms with van der Waals surface area (Å²) >= 11 is 6.00. The summed E-state index contributed by atoms with van der Waals surface area (Å²) in [5, 5.41) is 12.1. The fraction of sp³-hybridized carbons (Fsp3) is 0.438. The third-order valence-electron chi connectivity index (χ3n) is 4.14. The molecule has 2 amide bonds. The highest BCUT2D eigenvalue weighted by Gasteiger charge is 2.43. The average molecular weight is 339 g/mol. The van der Waals surface area contributed by atoms with Gasteiger partial charge in [0.15, 0.2) is 0 Å². The van der Waals surface area contributed by atoms with Crippen LogP contribution in [0.2, 0.25) is 5.02 Å². The number of likely N-dealkylation sites (tertiary alicyclic amines) is 1. The van der Waals surface area contributed by atoms with Crippen molar-refractivity contribution in [3.63, 3.8) is 0 Å². The molecule has 0 bridgehead atoms. The van der Waals surface area contributed by atoms with E-state index >= 15 is 0 Å². The van der Waals surface area contributed by atoms with Crippen molar-refractivity contribution >= 4 is 29.4 Å². The van der Waals surface area contributed by atoms with Crippen molar-refractivity contribution in [2.75, 3.05) is 7.05 Å². The molecule has 1 saturated heterocycles. The van der Waals surface area contributed by atoms with E-state index in [0.29, 0.717) is 5.02 Å². The average Bonchev–Trinajstić information content (AvgIpc) is 2.80. The number of carbonyl (C=O) groups excluding carboxylic acids is 2. The van der Waals surface area contributed by atoms with Crippen molar-refractivity contribution in [2.45, 2.75) is 31.8 Å². The summed E-state index contributed by atoms with van der Waals surface area (Å²) in [5.74, 6) is -2.31. The molecule has 3 unspecified atom stereocenters. The summed E-state index contributed by atoms with van der Waals surface area (Å²) in [5.41, 5.74) is 0.759. The van der Waals surface area contributed by atoms with Gasteiger partial charge in [0, 0.05) is 18.5 Å². The number of rotatable bonds is 5. The quantitative estimate of drug-likeness (QED) is 0.857. The van der Waals surface area contributed by atoms with E-state index in [9.17, 15) is 14.4 Å². The molecule has 0 radical (unpaired) electrons. The molecule has 1 aromatic carbocycles. The van der Waals surface area contributed by atoms with Crippen molar-refractivity contribution in [1.82, 2.24) is 10.2 Å². The van der Waals surface area contributed by atoms with Gasteiger partial charge < -0.3 is 15.3 Å².